The summed E-state index contributed by atoms with van der Waals surface area (Å²) in [5, 5.41) is 2.84. The Hall–Kier alpha value is -3.02. The maximum absolute atomic E-state index is 12.5. The molecule has 3 rings (SSSR count). The monoisotopic (exact) mass is 340 g/mol. The summed E-state index contributed by atoms with van der Waals surface area (Å²) in [7, 11) is 3.06. The molecule has 1 fully saturated rings. The smallest absolute Gasteiger partial charge is 0.259 e. The quantitative estimate of drug-likeness (QED) is 0.908. The van der Waals surface area contributed by atoms with E-state index in [9.17, 15) is 9.59 Å². The number of amides is 2. The van der Waals surface area contributed by atoms with Crippen LogP contribution in [0.2, 0.25) is 0 Å². The van der Waals surface area contributed by atoms with Crippen molar-refractivity contribution in [1.82, 2.24) is 0 Å². The van der Waals surface area contributed by atoms with Crippen LogP contribution in [0, 0.1) is 0 Å². The largest absolute Gasteiger partial charge is 0.497 e. The molecule has 0 radical (unpaired) electrons. The van der Waals surface area contributed by atoms with Crippen molar-refractivity contribution in [2.24, 2.45) is 0 Å². The van der Waals surface area contributed by atoms with Gasteiger partial charge in [0.05, 0.1) is 19.8 Å². The highest BCUT2D eigenvalue weighted by Crippen LogP contribution is 2.26. The van der Waals surface area contributed by atoms with Gasteiger partial charge in [-0.2, -0.15) is 0 Å². The number of carbonyl (C=O) groups excluding carboxylic acids is 2. The summed E-state index contributed by atoms with van der Waals surface area (Å²) in [5.74, 6) is 0.924. The van der Waals surface area contributed by atoms with Crippen molar-refractivity contribution in [2.75, 3.05) is 31.0 Å². The lowest BCUT2D eigenvalue weighted by atomic mass is 10.1. The van der Waals surface area contributed by atoms with E-state index in [1.165, 1.54) is 7.11 Å². The zero-order valence-corrected chi connectivity index (χ0v) is 14.2. The normalized spacial score (nSPS) is 13.7. The number of carbonyl (C=O) groups is 2. The second-order valence-corrected chi connectivity index (χ2v) is 5.72. The Morgan fingerprint density at radius 3 is 2.44 bits per heavy atom. The van der Waals surface area contributed by atoms with Gasteiger partial charge in [0.1, 0.15) is 11.5 Å². The van der Waals surface area contributed by atoms with Crippen molar-refractivity contribution in [3.63, 3.8) is 0 Å². The predicted molar refractivity (Wildman–Crippen MR) is 95.5 cm³/mol. The van der Waals surface area contributed by atoms with Gasteiger partial charge in [-0.25, -0.2) is 0 Å². The summed E-state index contributed by atoms with van der Waals surface area (Å²) in [4.78, 5) is 26.0. The number of hydrogen-bond acceptors (Lipinski definition) is 4. The summed E-state index contributed by atoms with van der Waals surface area (Å²) in [5.41, 5.74) is 1.92. The Morgan fingerprint density at radius 2 is 1.84 bits per heavy atom. The lowest BCUT2D eigenvalue weighted by Crippen LogP contribution is -2.23. The van der Waals surface area contributed by atoms with Crippen LogP contribution < -0.4 is 19.7 Å². The molecule has 0 saturated carbocycles. The number of benzene rings is 2. The molecule has 1 N–H and O–H groups in total. The lowest BCUT2D eigenvalue weighted by molar-refractivity contribution is -0.117. The number of nitrogens with one attached hydrogen (secondary N) is 1. The minimum absolute atomic E-state index is 0.139. The van der Waals surface area contributed by atoms with E-state index >= 15 is 0 Å². The fourth-order valence-corrected chi connectivity index (χ4v) is 2.83. The molecule has 1 heterocycles. The van der Waals surface area contributed by atoms with E-state index in [-0.39, 0.29) is 11.8 Å². The number of nitrogens with zero attached hydrogens (tertiary/aromatic N) is 1. The van der Waals surface area contributed by atoms with E-state index < -0.39 is 0 Å². The van der Waals surface area contributed by atoms with Gasteiger partial charge in [-0.3, -0.25) is 9.59 Å². The van der Waals surface area contributed by atoms with Crippen LogP contribution in [0.1, 0.15) is 23.2 Å². The SMILES string of the molecule is COc1ccc(C(=O)Nc2ccc(N3CCCC3=O)cc2)c(OC)c1. The van der Waals surface area contributed by atoms with E-state index in [2.05, 4.69) is 5.32 Å². The number of methoxy groups -OCH3 is 2. The van der Waals surface area contributed by atoms with Crippen LogP contribution in [0.25, 0.3) is 0 Å². The third-order valence-corrected chi connectivity index (χ3v) is 4.16. The molecular weight excluding hydrogens is 320 g/mol. The fourth-order valence-electron chi connectivity index (χ4n) is 2.83. The lowest BCUT2D eigenvalue weighted by Gasteiger charge is -2.16. The Morgan fingerprint density at radius 1 is 1.08 bits per heavy atom. The Balaban J connectivity index is 1.74. The van der Waals surface area contributed by atoms with Crippen LogP contribution in [0.4, 0.5) is 11.4 Å². The molecule has 1 aliphatic heterocycles. The van der Waals surface area contributed by atoms with Gasteiger partial charge in [-0.05, 0) is 42.8 Å². The van der Waals surface area contributed by atoms with Crippen LogP contribution >= 0.6 is 0 Å². The molecule has 0 aromatic heterocycles. The molecule has 2 aromatic rings. The maximum atomic E-state index is 12.5. The molecule has 2 amide bonds. The Kier molecular flexibility index (Phi) is 4.88. The van der Waals surface area contributed by atoms with Gasteiger partial charge < -0.3 is 19.7 Å². The summed E-state index contributed by atoms with van der Waals surface area (Å²) < 4.78 is 10.4. The number of rotatable bonds is 5. The third-order valence-electron chi connectivity index (χ3n) is 4.16. The summed E-state index contributed by atoms with van der Waals surface area (Å²) in [6.45, 7) is 0.744. The highest BCUT2D eigenvalue weighted by atomic mass is 16.5. The zero-order chi connectivity index (χ0) is 17.8. The van der Waals surface area contributed by atoms with Gasteiger partial charge in [-0.1, -0.05) is 0 Å². The van der Waals surface area contributed by atoms with Gasteiger partial charge in [-0.15, -0.1) is 0 Å². The highest BCUT2D eigenvalue weighted by Gasteiger charge is 2.21. The topological polar surface area (TPSA) is 67.9 Å². The van der Waals surface area contributed by atoms with E-state index in [1.807, 2.05) is 12.1 Å². The van der Waals surface area contributed by atoms with E-state index in [1.54, 1.807) is 42.3 Å². The standard InChI is InChI=1S/C19H20N2O4/c1-24-15-9-10-16(17(12-15)25-2)19(23)20-13-5-7-14(8-6-13)21-11-3-4-18(21)22/h5-10,12H,3-4,11H2,1-2H3,(H,20,23). The number of ether oxygens (including phenoxy) is 2. The molecule has 0 bridgehead atoms. The van der Waals surface area contributed by atoms with Gasteiger partial charge in [0.15, 0.2) is 0 Å². The van der Waals surface area contributed by atoms with Crippen molar-refractivity contribution < 1.29 is 19.1 Å². The highest BCUT2D eigenvalue weighted by molar-refractivity contribution is 6.06. The Bertz CT molecular complexity index is 787. The molecule has 6 heteroatoms. The van der Waals surface area contributed by atoms with Gasteiger partial charge in [0, 0.05) is 30.4 Å². The Labute approximate surface area is 146 Å². The summed E-state index contributed by atoms with van der Waals surface area (Å²) in [6.07, 6.45) is 1.48. The van der Waals surface area contributed by atoms with E-state index in [0.717, 1.165) is 18.7 Å². The van der Waals surface area contributed by atoms with Crippen molar-refractivity contribution in [2.45, 2.75) is 12.8 Å². The van der Waals surface area contributed by atoms with Crippen molar-refractivity contribution in [1.29, 1.82) is 0 Å². The molecule has 1 saturated heterocycles. The van der Waals surface area contributed by atoms with E-state index in [0.29, 0.717) is 29.2 Å². The summed E-state index contributed by atoms with van der Waals surface area (Å²) >= 11 is 0. The minimum Gasteiger partial charge on any atom is -0.497 e. The molecule has 1 aliphatic rings. The number of anilines is 2. The average molecular weight is 340 g/mol. The second-order valence-electron chi connectivity index (χ2n) is 5.72. The van der Waals surface area contributed by atoms with Crippen LogP contribution in [-0.4, -0.2) is 32.6 Å². The first-order valence-corrected chi connectivity index (χ1v) is 8.06. The summed E-state index contributed by atoms with van der Waals surface area (Å²) in [6, 6.07) is 12.3. The van der Waals surface area contributed by atoms with Crippen molar-refractivity contribution >= 4 is 23.2 Å². The van der Waals surface area contributed by atoms with E-state index in [4.69, 9.17) is 9.47 Å². The predicted octanol–water partition coefficient (Wildman–Crippen LogP) is 3.08. The molecule has 0 unspecified atom stereocenters. The second kappa shape index (κ2) is 7.25. The van der Waals surface area contributed by atoms with Crippen LogP contribution in [0.3, 0.4) is 0 Å². The molecule has 0 spiro atoms. The molecular formula is C19H20N2O4. The van der Waals surface area contributed by atoms with Crippen molar-refractivity contribution in [3.05, 3.63) is 48.0 Å². The first-order chi connectivity index (χ1) is 12.1. The van der Waals surface area contributed by atoms with Gasteiger partial charge >= 0.3 is 0 Å². The zero-order valence-electron chi connectivity index (χ0n) is 14.2. The molecule has 6 nitrogen and oxygen atoms in total. The average Bonchev–Trinajstić information content (AvgIpc) is 3.07. The van der Waals surface area contributed by atoms with Crippen LogP contribution in [0.5, 0.6) is 11.5 Å². The minimum atomic E-state index is -0.274. The third kappa shape index (κ3) is 3.57. The first kappa shape index (κ1) is 16.8. The molecule has 130 valence electrons. The molecule has 0 aliphatic carbocycles. The number of hydrogen-bond donors (Lipinski definition) is 1. The molecule has 0 atom stereocenters. The first-order valence-electron chi connectivity index (χ1n) is 8.06. The van der Waals surface area contributed by atoms with Gasteiger partial charge in [0.2, 0.25) is 5.91 Å². The van der Waals surface area contributed by atoms with Crippen LogP contribution in [-0.2, 0) is 4.79 Å². The molecule has 2 aromatic carbocycles. The molecule has 25 heavy (non-hydrogen) atoms. The van der Waals surface area contributed by atoms with Gasteiger partial charge in [0.25, 0.3) is 5.91 Å². The van der Waals surface area contributed by atoms with Crippen LogP contribution in [0.15, 0.2) is 42.5 Å². The van der Waals surface area contributed by atoms with Crippen molar-refractivity contribution in [3.8, 4) is 11.5 Å². The maximum Gasteiger partial charge on any atom is 0.259 e. The fraction of sp³-hybridized carbons (Fsp3) is 0.263.